The zero-order valence-corrected chi connectivity index (χ0v) is 21.7. The second-order valence-electron chi connectivity index (χ2n) is 9.34. The van der Waals surface area contributed by atoms with Crippen LogP contribution in [0.1, 0.15) is 31.2 Å². The Morgan fingerprint density at radius 1 is 1.19 bits per heavy atom. The van der Waals surface area contributed by atoms with E-state index in [1.54, 1.807) is 22.4 Å². The van der Waals surface area contributed by atoms with Crippen molar-refractivity contribution >= 4 is 44.8 Å². The third-order valence-electron chi connectivity index (χ3n) is 6.93. The van der Waals surface area contributed by atoms with Crippen LogP contribution in [0.5, 0.6) is 0 Å². The molecule has 9 heteroatoms. The van der Waals surface area contributed by atoms with Gasteiger partial charge in [0.25, 0.3) is 11.8 Å². The van der Waals surface area contributed by atoms with Gasteiger partial charge in [-0.05, 0) is 55.0 Å². The Hall–Kier alpha value is -3.04. The number of carbonyl (C=O) groups excluding carboxylic acids is 2. The molecule has 0 saturated carbocycles. The Balaban J connectivity index is 1.18. The topological polar surface area (TPSA) is 103 Å². The second-order valence-corrected chi connectivity index (χ2v) is 10.7. The summed E-state index contributed by atoms with van der Waals surface area (Å²) in [7, 11) is 0. The second kappa shape index (κ2) is 11.1. The fraction of sp³-hybridized carbons (Fsp3) is 0.321. The molecule has 1 aliphatic heterocycles. The molecule has 0 spiro atoms. The molecule has 3 aromatic rings. The van der Waals surface area contributed by atoms with Crippen LogP contribution in [0.3, 0.4) is 0 Å². The normalized spacial score (nSPS) is 19.3. The molecule has 1 unspecified atom stereocenters. The van der Waals surface area contributed by atoms with Crippen molar-refractivity contribution in [3.63, 3.8) is 0 Å². The van der Waals surface area contributed by atoms with Gasteiger partial charge >= 0.3 is 0 Å². The predicted molar refractivity (Wildman–Crippen MR) is 145 cm³/mol. The molecule has 1 aromatic carbocycles. The summed E-state index contributed by atoms with van der Waals surface area (Å²) in [4.78, 5) is 31.6. The number of fused-ring (bicyclic) bond motifs is 1. The van der Waals surface area contributed by atoms with Gasteiger partial charge in [0.15, 0.2) is 12.2 Å². The number of nitrogens with one attached hydrogen (secondary N) is 1. The maximum atomic E-state index is 13.0. The molecule has 3 N–H and O–H groups in total. The Bertz CT molecular complexity index is 1370. The van der Waals surface area contributed by atoms with E-state index in [9.17, 15) is 19.8 Å². The van der Waals surface area contributed by atoms with Gasteiger partial charge in [-0.15, -0.1) is 11.3 Å². The summed E-state index contributed by atoms with van der Waals surface area (Å²) in [5.74, 6) is -1.46. The molecule has 1 fully saturated rings. The lowest BCUT2D eigenvalue weighted by molar-refractivity contribution is -0.153. The van der Waals surface area contributed by atoms with E-state index in [4.69, 9.17) is 11.6 Å². The lowest BCUT2D eigenvalue weighted by Crippen LogP contribution is -2.52. The molecule has 3 atom stereocenters. The SMILES string of the molecule is O=C(NCc1ccc(-c2csc3ccccc23)nc1)[C@H](O)[C@@H](O)C(=O)N1CCCC1C1=CC(Cl)=CCC1. The molecule has 5 rings (SSSR count). The zero-order chi connectivity index (χ0) is 25.9. The lowest BCUT2D eigenvalue weighted by Gasteiger charge is -2.30. The van der Waals surface area contributed by atoms with Crippen molar-refractivity contribution in [2.45, 2.75) is 50.5 Å². The minimum absolute atomic E-state index is 0.110. The van der Waals surface area contributed by atoms with Crippen LogP contribution < -0.4 is 5.32 Å². The summed E-state index contributed by atoms with van der Waals surface area (Å²) in [6.07, 6.45) is 4.90. The molecule has 2 amide bonds. The third kappa shape index (κ3) is 5.48. The number of amides is 2. The van der Waals surface area contributed by atoms with Gasteiger partial charge in [0.05, 0.1) is 11.7 Å². The number of rotatable bonds is 7. The van der Waals surface area contributed by atoms with Gasteiger partial charge in [0.2, 0.25) is 0 Å². The minimum Gasteiger partial charge on any atom is -0.380 e. The van der Waals surface area contributed by atoms with Gasteiger partial charge in [-0.1, -0.05) is 41.9 Å². The fourth-order valence-corrected chi connectivity index (χ4v) is 6.17. The lowest BCUT2D eigenvalue weighted by atomic mass is 9.95. The number of halogens is 1. The molecule has 192 valence electrons. The number of aromatic nitrogens is 1. The zero-order valence-electron chi connectivity index (χ0n) is 20.1. The van der Waals surface area contributed by atoms with Gasteiger partial charge in [0, 0.05) is 45.3 Å². The smallest absolute Gasteiger partial charge is 0.255 e. The first-order valence-electron chi connectivity index (χ1n) is 12.3. The van der Waals surface area contributed by atoms with Crippen molar-refractivity contribution in [1.82, 2.24) is 15.2 Å². The van der Waals surface area contributed by atoms with Crippen LogP contribution in [0, 0.1) is 0 Å². The average Bonchev–Trinajstić information content (AvgIpc) is 3.58. The number of carbonyl (C=O) groups is 2. The van der Waals surface area contributed by atoms with Crippen LogP contribution >= 0.6 is 22.9 Å². The molecule has 1 saturated heterocycles. The summed E-state index contributed by atoms with van der Waals surface area (Å²) in [5, 5.41) is 27.4. The highest BCUT2D eigenvalue weighted by Crippen LogP contribution is 2.33. The minimum atomic E-state index is -1.87. The summed E-state index contributed by atoms with van der Waals surface area (Å²) < 4.78 is 1.19. The predicted octanol–water partition coefficient (Wildman–Crippen LogP) is 4.14. The first kappa shape index (κ1) is 25.6. The van der Waals surface area contributed by atoms with Gasteiger partial charge in [-0.25, -0.2) is 0 Å². The van der Waals surface area contributed by atoms with E-state index in [2.05, 4.69) is 27.8 Å². The number of hydrogen-bond acceptors (Lipinski definition) is 6. The van der Waals surface area contributed by atoms with Crippen LogP contribution in [0.25, 0.3) is 21.3 Å². The van der Waals surface area contributed by atoms with E-state index in [1.165, 1.54) is 4.70 Å². The number of pyridine rings is 1. The van der Waals surface area contributed by atoms with Crippen LogP contribution in [-0.4, -0.2) is 56.7 Å². The number of benzene rings is 1. The molecule has 2 aromatic heterocycles. The number of thiophene rings is 1. The number of allylic oxidation sites excluding steroid dienone is 3. The number of likely N-dealkylation sites (tertiary alicyclic amines) is 1. The molecular weight excluding hydrogens is 510 g/mol. The number of hydrogen-bond donors (Lipinski definition) is 3. The van der Waals surface area contributed by atoms with E-state index in [0.29, 0.717) is 11.6 Å². The monoisotopic (exact) mass is 537 g/mol. The summed E-state index contributed by atoms with van der Waals surface area (Å²) in [6.45, 7) is 0.573. The Morgan fingerprint density at radius 3 is 2.81 bits per heavy atom. The van der Waals surface area contributed by atoms with Crippen molar-refractivity contribution in [3.05, 3.63) is 76.3 Å². The third-order valence-corrected chi connectivity index (χ3v) is 8.16. The van der Waals surface area contributed by atoms with E-state index >= 15 is 0 Å². The highest BCUT2D eigenvalue weighted by molar-refractivity contribution is 7.17. The largest absolute Gasteiger partial charge is 0.380 e. The molecule has 0 radical (unpaired) electrons. The molecule has 2 aliphatic rings. The Kier molecular flexibility index (Phi) is 7.71. The number of aliphatic hydroxyl groups excluding tert-OH is 2. The molecular formula is C28H28ClN3O4S. The first-order chi connectivity index (χ1) is 17.9. The first-order valence-corrected chi connectivity index (χ1v) is 13.6. The van der Waals surface area contributed by atoms with Gasteiger partial charge < -0.3 is 20.4 Å². The van der Waals surface area contributed by atoms with Crippen LogP contribution in [0.15, 0.2) is 70.7 Å². The quantitative estimate of drug-likeness (QED) is 0.420. The fourth-order valence-electron chi connectivity index (χ4n) is 4.97. The van der Waals surface area contributed by atoms with Crippen LogP contribution in [0.2, 0.25) is 0 Å². The molecule has 7 nitrogen and oxygen atoms in total. The van der Waals surface area contributed by atoms with Crippen molar-refractivity contribution in [2.75, 3.05) is 6.54 Å². The summed E-state index contributed by atoms with van der Waals surface area (Å²) in [5.41, 5.74) is 3.66. The molecule has 37 heavy (non-hydrogen) atoms. The summed E-state index contributed by atoms with van der Waals surface area (Å²) in [6, 6.07) is 11.7. The van der Waals surface area contributed by atoms with Gasteiger partial charge in [-0.3, -0.25) is 14.6 Å². The Morgan fingerprint density at radius 2 is 2.03 bits per heavy atom. The number of nitrogens with zero attached hydrogens (tertiary/aromatic N) is 2. The van der Waals surface area contributed by atoms with E-state index in [-0.39, 0.29) is 12.6 Å². The van der Waals surface area contributed by atoms with Crippen molar-refractivity contribution in [2.24, 2.45) is 0 Å². The average molecular weight is 538 g/mol. The van der Waals surface area contributed by atoms with Gasteiger partial charge in [-0.2, -0.15) is 0 Å². The molecule has 3 heterocycles. The number of aliphatic hydroxyl groups is 2. The highest BCUT2D eigenvalue weighted by Gasteiger charge is 2.39. The van der Waals surface area contributed by atoms with Crippen molar-refractivity contribution < 1.29 is 19.8 Å². The van der Waals surface area contributed by atoms with E-state index in [1.807, 2.05) is 36.4 Å². The van der Waals surface area contributed by atoms with E-state index < -0.39 is 24.0 Å². The van der Waals surface area contributed by atoms with E-state index in [0.717, 1.165) is 53.5 Å². The van der Waals surface area contributed by atoms with Crippen LogP contribution in [-0.2, 0) is 16.1 Å². The maximum absolute atomic E-state index is 13.0. The summed E-state index contributed by atoms with van der Waals surface area (Å²) >= 11 is 7.81. The Labute approximate surface area is 224 Å². The van der Waals surface area contributed by atoms with Crippen molar-refractivity contribution in [3.8, 4) is 11.3 Å². The maximum Gasteiger partial charge on any atom is 0.255 e. The standard InChI is InChI=1S/C28H28ClN3O4S/c29-19-6-3-5-18(13-19)23-8-4-12-32(23)28(36)26(34)25(33)27(35)31-15-17-10-11-22(30-14-17)21-16-37-24-9-2-1-7-20(21)24/h1-2,6-7,9-11,13-14,16,23,25-26,33-34H,3-5,8,12,15H2,(H,31,35)/t23?,25-,26-/m1/s1. The van der Waals surface area contributed by atoms with Gasteiger partial charge in [0.1, 0.15) is 0 Å². The highest BCUT2D eigenvalue weighted by atomic mass is 35.5. The van der Waals surface area contributed by atoms with Crippen LogP contribution in [0.4, 0.5) is 0 Å². The molecule has 0 bridgehead atoms. The molecule has 1 aliphatic carbocycles. The van der Waals surface area contributed by atoms with Crippen molar-refractivity contribution in [1.29, 1.82) is 0 Å².